The van der Waals surface area contributed by atoms with Gasteiger partial charge in [0.2, 0.25) is 10.0 Å². The fourth-order valence-corrected chi connectivity index (χ4v) is 4.42. The van der Waals surface area contributed by atoms with Crippen molar-refractivity contribution < 1.29 is 23.4 Å². The highest BCUT2D eigenvalue weighted by atomic mass is 35.5. The lowest BCUT2D eigenvalue weighted by molar-refractivity contribution is -0.0426. The standard InChI is InChI=1S/C11H11Cl2NO5S/c1-11(17)4-14(5-11)20(18,19)9-2-6(10(15)16)7(12)3-8(9)13/h2-3,17H,4-5H2,1H3,(H,15,16). The molecule has 1 heterocycles. The van der Waals surface area contributed by atoms with Gasteiger partial charge in [-0.3, -0.25) is 0 Å². The van der Waals surface area contributed by atoms with Gasteiger partial charge in [0.25, 0.3) is 0 Å². The van der Waals surface area contributed by atoms with Crippen molar-refractivity contribution in [2.45, 2.75) is 17.4 Å². The predicted molar refractivity (Wildman–Crippen MR) is 72.8 cm³/mol. The summed E-state index contributed by atoms with van der Waals surface area (Å²) in [5.74, 6) is -1.35. The summed E-state index contributed by atoms with van der Waals surface area (Å²) in [6.07, 6.45) is 0. The molecule has 1 aliphatic rings. The summed E-state index contributed by atoms with van der Waals surface area (Å²) < 4.78 is 25.6. The van der Waals surface area contributed by atoms with E-state index in [1.54, 1.807) is 0 Å². The molecule has 0 spiro atoms. The lowest BCUT2D eigenvalue weighted by Gasteiger charge is -2.42. The number of carbonyl (C=O) groups is 1. The van der Waals surface area contributed by atoms with E-state index < -0.39 is 21.6 Å². The highest BCUT2D eigenvalue weighted by Gasteiger charge is 2.44. The van der Waals surface area contributed by atoms with Crippen molar-refractivity contribution in [2.24, 2.45) is 0 Å². The number of rotatable bonds is 3. The molecule has 0 aliphatic carbocycles. The Morgan fingerprint density at radius 2 is 1.85 bits per heavy atom. The molecule has 0 saturated carbocycles. The van der Waals surface area contributed by atoms with Crippen LogP contribution in [0.15, 0.2) is 17.0 Å². The predicted octanol–water partition coefficient (Wildman–Crippen LogP) is 1.45. The molecule has 6 nitrogen and oxygen atoms in total. The van der Waals surface area contributed by atoms with Gasteiger partial charge in [0.1, 0.15) is 4.90 Å². The summed E-state index contributed by atoms with van der Waals surface area (Å²) in [5, 5.41) is 18.3. The largest absolute Gasteiger partial charge is 0.478 e. The third-order valence-electron chi connectivity index (χ3n) is 2.90. The molecule has 1 saturated heterocycles. The smallest absolute Gasteiger partial charge is 0.337 e. The van der Waals surface area contributed by atoms with Crippen LogP contribution in [0.1, 0.15) is 17.3 Å². The van der Waals surface area contributed by atoms with Crippen molar-refractivity contribution >= 4 is 39.2 Å². The van der Waals surface area contributed by atoms with Gasteiger partial charge >= 0.3 is 5.97 Å². The molecule has 1 aliphatic heterocycles. The van der Waals surface area contributed by atoms with E-state index in [1.807, 2.05) is 0 Å². The maximum atomic E-state index is 12.3. The molecule has 2 N–H and O–H groups in total. The monoisotopic (exact) mass is 339 g/mol. The second-order valence-corrected chi connectivity index (χ2v) is 7.56. The third-order valence-corrected chi connectivity index (χ3v) is 5.47. The van der Waals surface area contributed by atoms with Crippen molar-refractivity contribution in [3.05, 3.63) is 27.7 Å². The van der Waals surface area contributed by atoms with Crippen LogP contribution in [0.25, 0.3) is 0 Å². The highest BCUT2D eigenvalue weighted by molar-refractivity contribution is 7.89. The highest BCUT2D eigenvalue weighted by Crippen LogP contribution is 2.34. The first-order chi connectivity index (χ1) is 9.04. The van der Waals surface area contributed by atoms with E-state index in [-0.39, 0.29) is 33.6 Å². The molecular formula is C11H11Cl2NO5S. The Kier molecular flexibility index (Phi) is 3.77. The first kappa shape index (κ1) is 15.5. The Morgan fingerprint density at radius 1 is 1.30 bits per heavy atom. The summed E-state index contributed by atoms with van der Waals surface area (Å²) in [6.45, 7) is 1.36. The van der Waals surface area contributed by atoms with Crippen LogP contribution in [0, 0.1) is 0 Å². The van der Waals surface area contributed by atoms with Crippen LogP contribution < -0.4 is 0 Å². The van der Waals surface area contributed by atoms with E-state index >= 15 is 0 Å². The second-order valence-electron chi connectivity index (χ2n) is 4.84. The number of sulfonamides is 1. The van der Waals surface area contributed by atoms with Gasteiger partial charge in [-0.15, -0.1) is 0 Å². The lowest BCUT2D eigenvalue weighted by atomic mass is 10.0. The first-order valence-electron chi connectivity index (χ1n) is 5.49. The van der Waals surface area contributed by atoms with Crippen molar-refractivity contribution in [3.63, 3.8) is 0 Å². The molecule has 0 aromatic heterocycles. The SMILES string of the molecule is CC1(O)CN(S(=O)(=O)c2cc(C(=O)O)c(Cl)cc2Cl)C1. The van der Waals surface area contributed by atoms with Crippen molar-refractivity contribution in [2.75, 3.05) is 13.1 Å². The molecule has 110 valence electrons. The number of β-amino-alcohol motifs (C(OH)–C–C–N with tert-alkyl or cyclic N) is 1. The van der Waals surface area contributed by atoms with E-state index in [1.165, 1.54) is 6.92 Å². The van der Waals surface area contributed by atoms with E-state index in [0.717, 1.165) is 16.4 Å². The zero-order valence-electron chi connectivity index (χ0n) is 10.3. The third kappa shape index (κ3) is 2.64. The Labute approximate surface area is 125 Å². The summed E-state index contributed by atoms with van der Waals surface area (Å²) in [5.41, 5.74) is -1.43. The summed E-state index contributed by atoms with van der Waals surface area (Å²) >= 11 is 11.5. The van der Waals surface area contributed by atoms with Gasteiger partial charge in [-0.2, -0.15) is 4.31 Å². The Morgan fingerprint density at radius 3 is 2.30 bits per heavy atom. The molecule has 2 rings (SSSR count). The lowest BCUT2D eigenvalue weighted by Crippen LogP contribution is -2.61. The second kappa shape index (κ2) is 4.85. The maximum Gasteiger partial charge on any atom is 0.337 e. The fourth-order valence-electron chi connectivity index (χ4n) is 1.91. The van der Waals surface area contributed by atoms with Gasteiger partial charge in [-0.25, -0.2) is 13.2 Å². The van der Waals surface area contributed by atoms with Gasteiger partial charge in [0.15, 0.2) is 0 Å². The van der Waals surface area contributed by atoms with Crippen molar-refractivity contribution in [1.82, 2.24) is 4.31 Å². The van der Waals surface area contributed by atoms with E-state index in [0.29, 0.717) is 0 Å². The van der Waals surface area contributed by atoms with Crippen molar-refractivity contribution in [3.8, 4) is 0 Å². The molecule has 0 unspecified atom stereocenters. The van der Waals surface area contributed by atoms with Gasteiger partial charge < -0.3 is 10.2 Å². The zero-order valence-corrected chi connectivity index (χ0v) is 12.6. The number of halogens is 2. The van der Waals surface area contributed by atoms with Crippen LogP contribution in [0.2, 0.25) is 10.0 Å². The maximum absolute atomic E-state index is 12.3. The van der Waals surface area contributed by atoms with Crippen LogP contribution in [-0.2, 0) is 10.0 Å². The number of aromatic carboxylic acids is 1. The summed E-state index contributed by atoms with van der Waals surface area (Å²) in [4.78, 5) is 10.7. The van der Waals surface area contributed by atoms with Crippen LogP contribution >= 0.6 is 23.2 Å². The number of aliphatic hydroxyl groups is 1. The van der Waals surface area contributed by atoms with Gasteiger partial charge in [0, 0.05) is 13.1 Å². The molecule has 0 amide bonds. The molecule has 1 aromatic rings. The number of benzene rings is 1. The topological polar surface area (TPSA) is 94.9 Å². The average molecular weight is 340 g/mol. The minimum Gasteiger partial charge on any atom is -0.478 e. The molecule has 1 fully saturated rings. The minimum absolute atomic E-state index is 0.0727. The molecule has 0 bridgehead atoms. The fraction of sp³-hybridized carbons (Fsp3) is 0.364. The summed E-state index contributed by atoms with van der Waals surface area (Å²) in [7, 11) is -3.96. The van der Waals surface area contributed by atoms with E-state index in [2.05, 4.69) is 0 Å². The Bertz CT molecular complexity index is 678. The number of nitrogens with zero attached hydrogens (tertiary/aromatic N) is 1. The molecule has 0 radical (unpaired) electrons. The van der Waals surface area contributed by atoms with Crippen LogP contribution in [0.3, 0.4) is 0 Å². The van der Waals surface area contributed by atoms with Gasteiger partial charge in [-0.1, -0.05) is 23.2 Å². The molecule has 0 atom stereocenters. The van der Waals surface area contributed by atoms with Crippen LogP contribution in [-0.4, -0.2) is 47.6 Å². The summed E-state index contributed by atoms with van der Waals surface area (Å²) in [6, 6.07) is 2.01. The number of hydrogen-bond acceptors (Lipinski definition) is 4. The normalized spacial score (nSPS) is 18.6. The molecule has 20 heavy (non-hydrogen) atoms. The zero-order chi connectivity index (χ0) is 15.3. The molecule has 9 heteroatoms. The van der Waals surface area contributed by atoms with Gasteiger partial charge in [0.05, 0.1) is 21.2 Å². The average Bonchev–Trinajstić information content (AvgIpc) is 2.24. The van der Waals surface area contributed by atoms with E-state index in [9.17, 15) is 18.3 Å². The Balaban J connectivity index is 2.47. The molecule has 1 aromatic carbocycles. The van der Waals surface area contributed by atoms with E-state index in [4.69, 9.17) is 28.3 Å². The van der Waals surface area contributed by atoms with Crippen LogP contribution in [0.5, 0.6) is 0 Å². The Hall–Kier alpha value is -0.860. The first-order valence-corrected chi connectivity index (χ1v) is 7.69. The number of hydrogen-bond donors (Lipinski definition) is 2. The minimum atomic E-state index is -3.96. The number of carboxylic acid groups (broad SMARTS) is 1. The number of carboxylic acids is 1. The quantitative estimate of drug-likeness (QED) is 0.868. The van der Waals surface area contributed by atoms with Gasteiger partial charge in [-0.05, 0) is 19.1 Å². The molecular weight excluding hydrogens is 329 g/mol. The van der Waals surface area contributed by atoms with Crippen molar-refractivity contribution in [1.29, 1.82) is 0 Å². The van der Waals surface area contributed by atoms with Crippen LogP contribution in [0.4, 0.5) is 0 Å².